The number of carbonyl (C=O) groups is 1. The molecule has 4 rings (SSSR count). The number of aromatic nitrogens is 4. The average Bonchev–Trinajstić information content (AvgIpc) is 3.25. The molecule has 3 heterocycles. The van der Waals surface area contributed by atoms with Gasteiger partial charge in [-0.3, -0.25) is 4.79 Å². The molecule has 2 aromatic heterocycles. The first-order valence-corrected chi connectivity index (χ1v) is 8.33. The van der Waals surface area contributed by atoms with E-state index in [9.17, 15) is 4.39 Å². The fourth-order valence-electron chi connectivity index (χ4n) is 3.15. The molecule has 1 unspecified atom stereocenters. The number of carbonyl (C=O) groups excluding carboxylic acids is 1. The van der Waals surface area contributed by atoms with E-state index < -0.39 is 0 Å². The maximum atomic E-state index is 14.2. The van der Waals surface area contributed by atoms with Gasteiger partial charge in [0.2, 0.25) is 0 Å². The Balaban J connectivity index is 0.000000479. The Hall–Kier alpha value is -2.93. The van der Waals surface area contributed by atoms with Gasteiger partial charge < -0.3 is 9.47 Å². The van der Waals surface area contributed by atoms with Crippen LogP contribution in [0.4, 0.5) is 4.39 Å². The maximum Gasteiger partial charge on any atom is 0.163 e. The van der Waals surface area contributed by atoms with Gasteiger partial charge in [0.1, 0.15) is 29.8 Å². The first-order valence-electron chi connectivity index (χ1n) is 8.33. The lowest BCUT2D eigenvalue weighted by Gasteiger charge is -2.16. The number of likely N-dealkylation sites (tertiary alicyclic amines) is 1. The maximum absolute atomic E-state index is 14.2. The number of allylic oxidation sites excluding steroid dienone is 1. The smallest absolute Gasteiger partial charge is 0.163 e. The van der Waals surface area contributed by atoms with Gasteiger partial charge in [-0.2, -0.15) is 0 Å². The third kappa shape index (κ3) is 4.25. The Bertz CT molecular complexity index is 918. The van der Waals surface area contributed by atoms with Gasteiger partial charge in [0.15, 0.2) is 5.65 Å². The van der Waals surface area contributed by atoms with Crippen molar-refractivity contribution in [3.63, 3.8) is 0 Å². The molecule has 0 amide bonds. The van der Waals surface area contributed by atoms with Crippen LogP contribution in [0.2, 0.25) is 0 Å². The average molecular weight is 369 g/mol. The van der Waals surface area contributed by atoms with Gasteiger partial charge in [0.05, 0.1) is 17.8 Å². The molecule has 1 atom stereocenters. The van der Waals surface area contributed by atoms with Gasteiger partial charge in [-0.05, 0) is 38.2 Å². The van der Waals surface area contributed by atoms with E-state index in [0.717, 1.165) is 25.2 Å². The molecule has 1 fully saturated rings. The molecule has 0 N–H and O–H groups in total. The minimum absolute atomic E-state index is 0. The van der Waals surface area contributed by atoms with E-state index in [1.165, 1.54) is 18.5 Å². The van der Waals surface area contributed by atoms with E-state index in [2.05, 4.69) is 38.0 Å². The summed E-state index contributed by atoms with van der Waals surface area (Å²) in [7, 11) is 2.09. The molecule has 1 aliphatic rings. The zero-order valence-electron chi connectivity index (χ0n) is 14.5. The van der Waals surface area contributed by atoms with Crippen LogP contribution in [0.3, 0.4) is 0 Å². The molecular formula is C20H24FN5O. The summed E-state index contributed by atoms with van der Waals surface area (Å²) in [4.78, 5) is 24.3. The van der Waals surface area contributed by atoms with Crippen LogP contribution in [0.15, 0.2) is 49.4 Å². The van der Waals surface area contributed by atoms with Gasteiger partial charge in [0.25, 0.3) is 0 Å². The van der Waals surface area contributed by atoms with E-state index in [0.29, 0.717) is 23.2 Å². The number of nitrogens with zero attached hydrogens (tertiary/aromatic N) is 5. The predicted molar refractivity (Wildman–Crippen MR) is 105 cm³/mol. The number of benzene rings is 1. The molecule has 142 valence electrons. The van der Waals surface area contributed by atoms with Crippen LogP contribution >= 0.6 is 0 Å². The van der Waals surface area contributed by atoms with Crippen molar-refractivity contribution in [2.45, 2.75) is 19.9 Å². The second-order valence-corrected chi connectivity index (χ2v) is 6.09. The highest BCUT2D eigenvalue weighted by Crippen LogP contribution is 2.32. The predicted octanol–water partition coefficient (Wildman–Crippen LogP) is 3.52. The quantitative estimate of drug-likeness (QED) is 0.522. The summed E-state index contributed by atoms with van der Waals surface area (Å²) in [5, 5.41) is 0. The first kappa shape index (κ1) is 20.4. The molecular weight excluding hydrogens is 345 g/mol. The van der Waals surface area contributed by atoms with E-state index in [-0.39, 0.29) is 19.3 Å². The minimum atomic E-state index is -0.265. The van der Waals surface area contributed by atoms with Crippen LogP contribution in [0.25, 0.3) is 22.6 Å². The number of imidazole rings is 1. The van der Waals surface area contributed by atoms with Gasteiger partial charge in [0, 0.05) is 6.54 Å². The third-order valence-corrected chi connectivity index (χ3v) is 4.30. The van der Waals surface area contributed by atoms with E-state index in [1.54, 1.807) is 18.3 Å². The van der Waals surface area contributed by atoms with E-state index in [4.69, 9.17) is 4.79 Å². The minimum Gasteiger partial charge on any atom is -0.304 e. The van der Waals surface area contributed by atoms with Crippen LogP contribution in [0.5, 0.6) is 0 Å². The monoisotopic (exact) mass is 369 g/mol. The van der Waals surface area contributed by atoms with Crippen molar-refractivity contribution in [2.75, 3.05) is 20.1 Å². The standard InChI is InChI=1S/C16H16FN5.C3H4O.CH4/c1-21-7-6-11(9-21)22-15(12-4-2-3-5-13(12)17)20-14-8-18-10-19-16(14)22;1-2-3-4;/h2-5,8,10-11H,6-7,9H2,1H3;2-3H,1H2;1H4. The molecule has 0 bridgehead atoms. The molecule has 0 aliphatic carbocycles. The summed E-state index contributed by atoms with van der Waals surface area (Å²) in [5.74, 6) is 0.368. The highest BCUT2D eigenvalue weighted by molar-refractivity contribution is 5.76. The number of rotatable bonds is 3. The Labute approximate surface area is 158 Å². The summed E-state index contributed by atoms with van der Waals surface area (Å²) in [5.41, 5.74) is 1.99. The number of halogens is 1. The van der Waals surface area contributed by atoms with Crippen molar-refractivity contribution < 1.29 is 9.18 Å². The largest absolute Gasteiger partial charge is 0.304 e. The van der Waals surface area contributed by atoms with Crippen molar-refractivity contribution in [3.8, 4) is 11.4 Å². The summed E-state index contributed by atoms with van der Waals surface area (Å²) < 4.78 is 16.3. The Kier molecular flexibility index (Phi) is 6.90. The van der Waals surface area contributed by atoms with E-state index in [1.807, 2.05) is 6.07 Å². The van der Waals surface area contributed by atoms with Gasteiger partial charge in [-0.15, -0.1) is 0 Å². The van der Waals surface area contributed by atoms with Crippen molar-refractivity contribution in [2.24, 2.45) is 0 Å². The highest BCUT2D eigenvalue weighted by Gasteiger charge is 2.27. The lowest BCUT2D eigenvalue weighted by molar-refractivity contribution is -0.104. The van der Waals surface area contributed by atoms with Gasteiger partial charge in [-0.1, -0.05) is 26.1 Å². The highest BCUT2D eigenvalue weighted by atomic mass is 19.1. The van der Waals surface area contributed by atoms with Crippen LogP contribution in [0, 0.1) is 5.82 Å². The fourth-order valence-corrected chi connectivity index (χ4v) is 3.15. The second kappa shape index (κ2) is 9.14. The number of aldehydes is 1. The Morgan fingerprint density at radius 3 is 2.70 bits per heavy atom. The summed E-state index contributed by atoms with van der Waals surface area (Å²) >= 11 is 0. The molecule has 1 aromatic carbocycles. The lowest BCUT2D eigenvalue weighted by atomic mass is 10.1. The van der Waals surface area contributed by atoms with Crippen molar-refractivity contribution in [1.29, 1.82) is 0 Å². The molecule has 0 saturated carbocycles. The van der Waals surface area contributed by atoms with Crippen LogP contribution < -0.4 is 0 Å². The van der Waals surface area contributed by atoms with Crippen LogP contribution in [0.1, 0.15) is 19.9 Å². The number of hydrogen-bond donors (Lipinski definition) is 0. The molecule has 1 saturated heterocycles. The molecule has 3 aromatic rings. The topological polar surface area (TPSA) is 63.9 Å². The van der Waals surface area contributed by atoms with Crippen molar-refractivity contribution >= 4 is 17.5 Å². The summed E-state index contributed by atoms with van der Waals surface area (Å²) in [6.07, 6.45) is 6.04. The van der Waals surface area contributed by atoms with Gasteiger partial charge >= 0.3 is 0 Å². The molecule has 6 nitrogen and oxygen atoms in total. The molecule has 0 spiro atoms. The third-order valence-electron chi connectivity index (χ3n) is 4.30. The zero-order valence-corrected chi connectivity index (χ0v) is 14.5. The summed E-state index contributed by atoms with van der Waals surface area (Å²) in [6, 6.07) is 6.99. The molecule has 7 heteroatoms. The lowest BCUT2D eigenvalue weighted by Crippen LogP contribution is -2.17. The normalized spacial score (nSPS) is 16.3. The van der Waals surface area contributed by atoms with Crippen molar-refractivity contribution in [1.82, 2.24) is 24.4 Å². The molecule has 27 heavy (non-hydrogen) atoms. The Morgan fingerprint density at radius 2 is 2.07 bits per heavy atom. The fraction of sp³-hybridized carbons (Fsp3) is 0.300. The molecule has 1 aliphatic heterocycles. The number of likely N-dealkylation sites (N-methyl/N-ethyl adjacent to an activating group) is 1. The zero-order chi connectivity index (χ0) is 18.5. The SMILES string of the molecule is C.C=CC=O.CN1CCC(n2c(-c3ccccc3F)nc3cncnc32)C1. The van der Waals surface area contributed by atoms with E-state index >= 15 is 0 Å². The first-order chi connectivity index (χ1) is 12.7. The number of hydrogen-bond acceptors (Lipinski definition) is 5. The van der Waals surface area contributed by atoms with Crippen molar-refractivity contribution in [3.05, 3.63) is 55.3 Å². The molecule has 0 radical (unpaired) electrons. The number of fused-ring (bicyclic) bond motifs is 1. The van der Waals surface area contributed by atoms with Gasteiger partial charge in [-0.25, -0.2) is 19.3 Å². The second-order valence-electron chi connectivity index (χ2n) is 6.09. The van der Waals surface area contributed by atoms with Crippen LogP contribution in [-0.4, -0.2) is 50.8 Å². The Morgan fingerprint density at radius 1 is 1.33 bits per heavy atom. The summed E-state index contributed by atoms with van der Waals surface area (Å²) in [6.45, 7) is 5.04. The van der Waals surface area contributed by atoms with Crippen LogP contribution in [-0.2, 0) is 4.79 Å².